The third-order valence-electron chi connectivity index (χ3n) is 4.14. The molecule has 0 aromatic rings. The fourth-order valence-electron chi connectivity index (χ4n) is 2.96. The fourth-order valence-corrected chi connectivity index (χ4v) is 2.96. The molecule has 1 N–H and O–H groups in total. The molecule has 0 spiro atoms. The average Bonchev–Trinajstić information content (AvgIpc) is 2.25. The zero-order valence-electron chi connectivity index (χ0n) is 10.5. The van der Waals surface area contributed by atoms with Crippen molar-refractivity contribution in [1.29, 1.82) is 0 Å². The second-order valence-electron chi connectivity index (χ2n) is 5.81. The standard InChI is InChI=1S/C13H25NO2/c1-14(8-12-4-2-5-12)9-13(10-15)6-3-7-16-11-13/h12,15H,2-11H2,1H3. The molecule has 2 rings (SSSR count). The predicted octanol–water partition coefficient (Wildman–Crippen LogP) is 1.51. The highest BCUT2D eigenvalue weighted by molar-refractivity contribution is 4.85. The van der Waals surface area contributed by atoms with Gasteiger partial charge in [-0.1, -0.05) is 6.42 Å². The van der Waals surface area contributed by atoms with E-state index >= 15 is 0 Å². The normalized spacial score (nSPS) is 31.7. The summed E-state index contributed by atoms with van der Waals surface area (Å²) in [4.78, 5) is 2.40. The van der Waals surface area contributed by atoms with Crippen LogP contribution in [0.5, 0.6) is 0 Å². The van der Waals surface area contributed by atoms with Gasteiger partial charge in [-0.2, -0.15) is 0 Å². The molecule has 1 saturated heterocycles. The van der Waals surface area contributed by atoms with Crippen LogP contribution in [0.2, 0.25) is 0 Å². The van der Waals surface area contributed by atoms with Crippen LogP contribution < -0.4 is 0 Å². The van der Waals surface area contributed by atoms with E-state index in [1.807, 2.05) is 0 Å². The van der Waals surface area contributed by atoms with Crippen molar-refractivity contribution in [3.8, 4) is 0 Å². The summed E-state index contributed by atoms with van der Waals surface area (Å²) in [7, 11) is 2.18. The largest absolute Gasteiger partial charge is 0.396 e. The molecule has 94 valence electrons. The molecular formula is C13H25NO2. The van der Waals surface area contributed by atoms with Crippen LogP contribution in [0.3, 0.4) is 0 Å². The molecule has 0 aromatic carbocycles. The van der Waals surface area contributed by atoms with E-state index in [4.69, 9.17) is 4.74 Å². The highest BCUT2D eigenvalue weighted by Gasteiger charge is 2.34. The lowest BCUT2D eigenvalue weighted by molar-refractivity contribution is -0.0546. The Bertz CT molecular complexity index is 210. The number of aliphatic hydroxyl groups is 1. The second kappa shape index (κ2) is 5.48. The maximum absolute atomic E-state index is 9.59. The first-order chi connectivity index (χ1) is 7.74. The first kappa shape index (κ1) is 12.3. The van der Waals surface area contributed by atoms with Crippen LogP contribution in [0.25, 0.3) is 0 Å². The minimum Gasteiger partial charge on any atom is -0.396 e. The van der Waals surface area contributed by atoms with Crippen LogP contribution in [0.15, 0.2) is 0 Å². The molecule has 3 nitrogen and oxygen atoms in total. The van der Waals surface area contributed by atoms with Crippen molar-refractivity contribution in [2.24, 2.45) is 11.3 Å². The highest BCUT2D eigenvalue weighted by Crippen LogP contribution is 2.31. The molecular weight excluding hydrogens is 202 g/mol. The van der Waals surface area contributed by atoms with E-state index in [-0.39, 0.29) is 12.0 Å². The molecule has 1 saturated carbocycles. The van der Waals surface area contributed by atoms with Gasteiger partial charge in [-0.05, 0) is 38.6 Å². The smallest absolute Gasteiger partial charge is 0.0556 e. The zero-order chi connectivity index (χ0) is 11.4. The summed E-state index contributed by atoms with van der Waals surface area (Å²) in [5, 5.41) is 9.59. The van der Waals surface area contributed by atoms with E-state index in [9.17, 15) is 5.11 Å². The van der Waals surface area contributed by atoms with E-state index in [0.717, 1.165) is 38.5 Å². The van der Waals surface area contributed by atoms with Crippen LogP contribution >= 0.6 is 0 Å². The second-order valence-corrected chi connectivity index (χ2v) is 5.81. The Morgan fingerprint density at radius 3 is 2.69 bits per heavy atom. The van der Waals surface area contributed by atoms with Gasteiger partial charge in [0.1, 0.15) is 0 Å². The SMILES string of the molecule is CN(CC1CCC1)CC1(CO)CCCOC1. The Hall–Kier alpha value is -0.120. The summed E-state index contributed by atoms with van der Waals surface area (Å²) in [5.41, 5.74) is 0.0107. The molecule has 0 amide bonds. The molecule has 1 aliphatic heterocycles. The quantitative estimate of drug-likeness (QED) is 0.772. The monoisotopic (exact) mass is 227 g/mol. The molecule has 0 bridgehead atoms. The van der Waals surface area contributed by atoms with Crippen molar-refractivity contribution in [1.82, 2.24) is 4.90 Å². The zero-order valence-corrected chi connectivity index (χ0v) is 10.5. The highest BCUT2D eigenvalue weighted by atomic mass is 16.5. The topological polar surface area (TPSA) is 32.7 Å². The van der Waals surface area contributed by atoms with E-state index < -0.39 is 0 Å². The first-order valence-corrected chi connectivity index (χ1v) is 6.61. The van der Waals surface area contributed by atoms with Crippen molar-refractivity contribution in [2.75, 3.05) is 40.0 Å². The van der Waals surface area contributed by atoms with Crippen LogP contribution in [0.4, 0.5) is 0 Å². The Labute approximate surface area is 98.8 Å². The van der Waals surface area contributed by atoms with E-state index in [1.54, 1.807) is 0 Å². The molecule has 2 aliphatic rings. The lowest BCUT2D eigenvalue weighted by atomic mass is 9.81. The minimum absolute atomic E-state index is 0.0107. The average molecular weight is 227 g/mol. The lowest BCUT2D eigenvalue weighted by Crippen LogP contribution is -2.46. The third kappa shape index (κ3) is 2.96. The number of rotatable bonds is 5. The summed E-state index contributed by atoms with van der Waals surface area (Å²) in [5.74, 6) is 0.908. The molecule has 0 aromatic heterocycles. The first-order valence-electron chi connectivity index (χ1n) is 6.61. The molecule has 1 atom stereocenters. The number of nitrogens with zero attached hydrogens (tertiary/aromatic N) is 1. The van der Waals surface area contributed by atoms with Crippen LogP contribution in [0.1, 0.15) is 32.1 Å². The van der Waals surface area contributed by atoms with Gasteiger partial charge in [-0.3, -0.25) is 0 Å². The number of hydrogen-bond acceptors (Lipinski definition) is 3. The summed E-state index contributed by atoms with van der Waals surface area (Å²) < 4.78 is 5.54. The molecule has 2 fully saturated rings. The molecule has 16 heavy (non-hydrogen) atoms. The molecule has 1 aliphatic carbocycles. The van der Waals surface area contributed by atoms with Gasteiger partial charge in [0.15, 0.2) is 0 Å². The van der Waals surface area contributed by atoms with E-state index in [2.05, 4.69) is 11.9 Å². The Morgan fingerprint density at radius 1 is 1.38 bits per heavy atom. The van der Waals surface area contributed by atoms with Gasteiger partial charge in [0.05, 0.1) is 13.2 Å². The van der Waals surface area contributed by atoms with Crippen LogP contribution in [0, 0.1) is 11.3 Å². The van der Waals surface area contributed by atoms with Gasteiger partial charge in [0.25, 0.3) is 0 Å². The number of hydrogen-bond donors (Lipinski definition) is 1. The predicted molar refractivity (Wildman–Crippen MR) is 64.4 cm³/mol. The van der Waals surface area contributed by atoms with Crippen molar-refractivity contribution < 1.29 is 9.84 Å². The van der Waals surface area contributed by atoms with Crippen molar-refractivity contribution in [3.05, 3.63) is 0 Å². The van der Waals surface area contributed by atoms with Gasteiger partial charge in [0, 0.05) is 25.1 Å². The fraction of sp³-hybridized carbons (Fsp3) is 1.00. The van der Waals surface area contributed by atoms with Gasteiger partial charge < -0.3 is 14.7 Å². The van der Waals surface area contributed by atoms with Crippen LogP contribution in [-0.2, 0) is 4.74 Å². The summed E-state index contributed by atoms with van der Waals surface area (Å²) in [6, 6.07) is 0. The Kier molecular flexibility index (Phi) is 4.22. The van der Waals surface area contributed by atoms with Gasteiger partial charge in [0.2, 0.25) is 0 Å². The van der Waals surface area contributed by atoms with Gasteiger partial charge in [-0.25, -0.2) is 0 Å². The summed E-state index contributed by atoms with van der Waals surface area (Å²) in [6.07, 6.45) is 6.41. The summed E-state index contributed by atoms with van der Waals surface area (Å²) in [6.45, 7) is 4.05. The third-order valence-corrected chi connectivity index (χ3v) is 4.14. The van der Waals surface area contributed by atoms with Crippen LogP contribution in [-0.4, -0.2) is 50.0 Å². The molecule has 1 unspecified atom stereocenters. The summed E-state index contributed by atoms with van der Waals surface area (Å²) >= 11 is 0. The molecule has 0 radical (unpaired) electrons. The molecule has 3 heteroatoms. The van der Waals surface area contributed by atoms with E-state index in [1.165, 1.54) is 25.8 Å². The number of aliphatic hydroxyl groups excluding tert-OH is 1. The van der Waals surface area contributed by atoms with E-state index in [0.29, 0.717) is 0 Å². The lowest BCUT2D eigenvalue weighted by Gasteiger charge is -2.40. The van der Waals surface area contributed by atoms with Crippen molar-refractivity contribution >= 4 is 0 Å². The Balaban J connectivity index is 1.79. The van der Waals surface area contributed by atoms with Crippen molar-refractivity contribution in [3.63, 3.8) is 0 Å². The number of ether oxygens (including phenoxy) is 1. The minimum atomic E-state index is 0.0107. The van der Waals surface area contributed by atoms with Gasteiger partial charge >= 0.3 is 0 Å². The van der Waals surface area contributed by atoms with Gasteiger partial charge in [-0.15, -0.1) is 0 Å². The Morgan fingerprint density at radius 2 is 2.19 bits per heavy atom. The molecule has 1 heterocycles. The van der Waals surface area contributed by atoms with Crippen molar-refractivity contribution in [2.45, 2.75) is 32.1 Å². The maximum Gasteiger partial charge on any atom is 0.0556 e. The maximum atomic E-state index is 9.59.